The fraction of sp³-hybridized carbons (Fsp3) is 0. The zero-order valence-electron chi connectivity index (χ0n) is 4.91. The normalized spacial score (nSPS) is 9.40. The highest BCUT2D eigenvalue weighted by atomic mass is 35.5. The van der Waals surface area contributed by atoms with Gasteiger partial charge in [0.15, 0.2) is 0 Å². The molecule has 10 heavy (non-hydrogen) atoms. The number of hydrogen-bond acceptors (Lipinski definition) is 2. The molecule has 0 unspecified atom stereocenters. The van der Waals surface area contributed by atoms with E-state index in [1.54, 1.807) is 12.1 Å². The average molecular weight is 174 g/mol. The molecule has 1 aromatic heterocycles. The lowest BCUT2D eigenvalue weighted by Gasteiger charge is -1.93. The van der Waals surface area contributed by atoms with Crippen molar-refractivity contribution in [3.63, 3.8) is 0 Å². The molecule has 0 fully saturated rings. The number of carbonyl (C=O) groups excluding carboxylic acids is 1. The Kier molecular flexibility index (Phi) is 2.29. The summed E-state index contributed by atoms with van der Waals surface area (Å²) in [6.07, 6.45) is 1.52. The predicted molar refractivity (Wildman–Crippen MR) is 42.6 cm³/mol. The quantitative estimate of drug-likeness (QED) is 0.519. The van der Waals surface area contributed by atoms with Crippen LogP contribution in [0.5, 0.6) is 0 Å². The Morgan fingerprint density at radius 2 is 2.40 bits per heavy atom. The van der Waals surface area contributed by atoms with Crippen molar-refractivity contribution < 1.29 is 4.79 Å². The molecule has 1 rings (SSSR count). The number of nitrogens with zero attached hydrogens (tertiary/aromatic N) is 1. The van der Waals surface area contributed by atoms with Crippen LogP contribution in [-0.2, 0) is 0 Å². The molecule has 0 aliphatic heterocycles. The maximum absolute atomic E-state index is 10.6. The number of aromatic nitrogens is 1. The molecule has 1 aromatic rings. The zero-order valence-corrected chi connectivity index (χ0v) is 6.56. The molecule has 0 atom stereocenters. The first-order chi connectivity index (χ1) is 4.72. The molecule has 52 valence electrons. The summed E-state index contributed by atoms with van der Waals surface area (Å²) in [5.41, 5.74) is 0.340. The maximum atomic E-state index is 10.6. The average Bonchev–Trinajstić information content (AvgIpc) is 1.88. The molecule has 0 aliphatic carbocycles. The molecular weight excluding hydrogens is 170 g/mol. The highest BCUT2D eigenvalue weighted by molar-refractivity contribution is 7.97. The van der Waals surface area contributed by atoms with E-state index in [0.29, 0.717) is 5.56 Å². The molecule has 0 saturated heterocycles. The minimum absolute atomic E-state index is 0.197. The number of pyridine rings is 1. The number of carbonyl (C=O) groups is 1. The van der Waals surface area contributed by atoms with Crippen molar-refractivity contribution >= 4 is 29.3 Å². The van der Waals surface area contributed by atoms with Crippen molar-refractivity contribution in [2.24, 2.45) is 0 Å². The molecule has 0 amide bonds. The maximum Gasteiger partial charge on any atom is 0.219 e. The minimum atomic E-state index is -0.363. The van der Waals surface area contributed by atoms with Gasteiger partial charge < -0.3 is 0 Å². The van der Waals surface area contributed by atoms with Crippen LogP contribution in [0.25, 0.3) is 0 Å². The molecule has 0 N–H and O–H groups in total. The largest absolute Gasteiger partial charge is 0.282 e. The van der Waals surface area contributed by atoms with Crippen LogP contribution in [-0.4, -0.2) is 10.1 Å². The summed E-state index contributed by atoms with van der Waals surface area (Å²) >= 11 is 9.13. The predicted octanol–water partition coefficient (Wildman–Crippen LogP) is 1.80. The van der Waals surface area contributed by atoms with E-state index in [1.807, 2.05) is 0 Å². The van der Waals surface area contributed by atoms with Crippen molar-refractivity contribution in [1.82, 2.24) is 4.98 Å². The Hall–Kier alpha value is -0.540. The third-order valence-electron chi connectivity index (χ3n) is 0.989. The summed E-state index contributed by atoms with van der Waals surface area (Å²) in [5.74, 6) is 0. The lowest BCUT2D eigenvalue weighted by atomic mass is 10.3. The van der Waals surface area contributed by atoms with Crippen LogP contribution in [0, 0.1) is 0 Å². The SMILES string of the molecule is O=C(S)c1cccnc1Cl. The Balaban J connectivity index is 3.15. The second kappa shape index (κ2) is 3.03. The van der Waals surface area contributed by atoms with E-state index in [-0.39, 0.29) is 10.3 Å². The summed E-state index contributed by atoms with van der Waals surface area (Å²) < 4.78 is 0. The highest BCUT2D eigenvalue weighted by Crippen LogP contribution is 2.12. The highest BCUT2D eigenvalue weighted by Gasteiger charge is 2.04. The van der Waals surface area contributed by atoms with E-state index in [1.165, 1.54) is 6.20 Å². The fourth-order valence-electron chi connectivity index (χ4n) is 0.546. The Bertz CT molecular complexity index is 264. The van der Waals surface area contributed by atoms with E-state index in [2.05, 4.69) is 17.6 Å². The number of hydrogen-bond donors (Lipinski definition) is 1. The van der Waals surface area contributed by atoms with Gasteiger partial charge in [-0.1, -0.05) is 11.6 Å². The van der Waals surface area contributed by atoms with E-state index in [9.17, 15) is 4.79 Å². The van der Waals surface area contributed by atoms with Gasteiger partial charge in [-0.05, 0) is 12.1 Å². The zero-order chi connectivity index (χ0) is 7.56. The second-order valence-electron chi connectivity index (χ2n) is 1.65. The second-order valence-corrected chi connectivity index (χ2v) is 2.41. The van der Waals surface area contributed by atoms with E-state index < -0.39 is 0 Å². The summed E-state index contributed by atoms with van der Waals surface area (Å²) in [5, 5.41) is -0.166. The number of rotatable bonds is 1. The molecule has 1 heterocycles. The third-order valence-corrected chi connectivity index (χ3v) is 1.53. The lowest BCUT2D eigenvalue weighted by molar-refractivity contribution is 0.109. The summed E-state index contributed by atoms with van der Waals surface area (Å²) in [6, 6.07) is 3.21. The Morgan fingerprint density at radius 3 is 2.80 bits per heavy atom. The molecule has 4 heteroatoms. The minimum Gasteiger partial charge on any atom is -0.282 e. The molecule has 2 nitrogen and oxygen atoms in total. The molecule has 0 aliphatic rings. The molecule has 0 saturated carbocycles. The summed E-state index contributed by atoms with van der Waals surface area (Å²) in [4.78, 5) is 14.3. The van der Waals surface area contributed by atoms with Gasteiger partial charge in [-0.15, -0.1) is 12.6 Å². The third kappa shape index (κ3) is 1.49. The molecule has 0 radical (unpaired) electrons. The van der Waals surface area contributed by atoms with Gasteiger partial charge >= 0.3 is 0 Å². The first kappa shape index (κ1) is 7.57. The fourth-order valence-corrected chi connectivity index (χ4v) is 0.997. The van der Waals surface area contributed by atoms with Gasteiger partial charge in [-0.3, -0.25) is 4.79 Å². The van der Waals surface area contributed by atoms with Crippen molar-refractivity contribution in [2.75, 3.05) is 0 Å². The first-order valence-corrected chi connectivity index (χ1v) is 3.38. The van der Waals surface area contributed by atoms with Crippen molar-refractivity contribution in [3.8, 4) is 0 Å². The van der Waals surface area contributed by atoms with E-state index in [0.717, 1.165) is 0 Å². The molecule has 0 aromatic carbocycles. The first-order valence-electron chi connectivity index (χ1n) is 2.55. The van der Waals surface area contributed by atoms with Crippen molar-refractivity contribution in [1.29, 1.82) is 0 Å². The Labute approximate surface area is 68.6 Å². The van der Waals surface area contributed by atoms with Crippen LogP contribution in [0.1, 0.15) is 10.4 Å². The van der Waals surface area contributed by atoms with Crippen LogP contribution in [0.2, 0.25) is 5.15 Å². The van der Waals surface area contributed by atoms with Crippen molar-refractivity contribution in [3.05, 3.63) is 29.0 Å². The van der Waals surface area contributed by atoms with Gasteiger partial charge in [0, 0.05) is 6.20 Å². The van der Waals surface area contributed by atoms with Crippen LogP contribution < -0.4 is 0 Å². The van der Waals surface area contributed by atoms with Crippen LogP contribution >= 0.6 is 24.2 Å². The number of thiol groups is 1. The van der Waals surface area contributed by atoms with Gasteiger partial charge in [0.2, 0.25) is 5.12 Å². The van der Waals surface area contributed by atoms with Gasteiger partial charge in [0.1, 0.15) is 5.15 Å². The topological polar surface area (TPSA) is 30.0 Å². The summed E-state index contributed by atoms with van der Waals surface area (Å²) in [7, 11) is 0. The number of halogens is 1. The monoisotopic (exact) mass is 173 g/mol. The van der Waals surface area contributed by atoms with E-state index in [4.69, 9.17) is 11.6 Å². The molecule has 0 bridgehead atoms. The van der Waals surface area contributed by atoms with Crippen LogP contribution in [0.3, 0.4) is 0 Å². The molecule has 0 spiro atoms. The lowest BCUT2D eigenvalue weighted by Crippen LogP contribution is -1.90. The Morgan fingerprint density at radius 1 is 1.70 bits per heavy atom. The van der Waals surface area contributed by atoms with Crippen LogP contribution in [0.4, 0.5) is 0 Å². The van der Waals surface area contributed by atoms with Gasteiger partial charge in [-0.2, -0.15) is 0 Å². The molecular formula is C6H4ClNOS. The van der Waals surface area contributed by atoms with Gasteiger partial charge in [-0.25, -0.2) is 4.98 Å². The van der Waals surface area contributed by atoms with E-state index >= 15 is 0 Å². The standard InChI is InChI=1S/C6H4ClNOS/c7-5-4(6(9)10)2-1-3-8-5/h1-3H,(H,9,10). The van der Waals surface area contributed by atoms with Crippen LogP contribution in [0.15, 0.2) is 18.3 Å². The summed E-state index contributed by atoms with van der Waals surface area (Å²) in [6.45, 7) is 0. The van der Waals surface area contributed by atoms with Crippen molar-refractivity contribution in [2.45, 2.75) is 0 Å². The van der Waals surface area contributed by atoms with Gasteiger partial charge in [0.25, 0.3) is 0 Å². The van der Waals surface area contributed by atoms with Gasteiger partial charge in [0.05, 0.1) is 5.56 Å². The smallest absolute Gasteiger partial charge is 0.219 e.